The van der Waals surface area contributed by atoms with E-state index in [1.807, 2.05) is 38.1 Å². The molecule has 1 aliphatic heterocycles. The van der Waals surface area contributed by atoms with Crippen molar-refractivity contribution in [3.05, 3.63) is 30.1 Å². The highest BCUT2D eigenvalue weighted by Crippen LogP contribution is 2.16. The van der Waals surface area contributed by atoms with Gasteiger partial charge in [-0.15, -0.1) is 0 Å². The first kappa shape index (κ1) is 21.8. The Morgan fingerprint density at radius 2 is 2.03 bits per heavy atom. The molecule has 1 saturated heterocycles. The molecule has 2 aromatic rings. The van der Waals surface area contributed by atoms with E-state index in [1.165, 1.54) is 0 Å². The number of aromatic nitrogens is 2. The maximum absolute atomic E-state index is 12.9. The van der Waals surface area contributed by atoms with Gasteiger partial charge in [0.25, 0.3) is 5.91 Å². The number of rotatable bonds is 9. The standard InChI is InChI=1S/C21H30N6O3/c1-12(2)9-17(20(29)24-14(11-22)10-13-7-8-23-19(13)28)27-21(30)18-25-15-5-3-4-6-16(15)26-18/h3-6,12-14,17H,7-11,22H2,1-2H3,(H,23,28)(H,24,29)(H,25,26)(H,27,30). The van der Waals surface area contributed by atoms with Crippen molar-refractivity contribution in [2.45, 2.75) is 45.2 Å². The van der Waals surface area contributed by atoms with Crippen LogP contribution in [0.2, 0.25) is 0 Å². The van der Waals surface area contributed by atoms with Crippen LogP contribution in [0.1, 0.15) is 43.7 Å². The van der Waals surface area contributed by atoms with E-state index in [9.17, 15) is 14.4 Å². The van der Waals surface area contributed by atoms with Gasteiger partial charge >= 0.3 is 0 Å². The number of H-pyrrole nitrogens is 1. The van der Waals surface area contributed by atoms with Crippen LogP contribution in [0.25, 0.3) is 11.0 Å². The second-order valence-electron chi connectivity index (χ2n) is 8.21. The maximum Gasteiger partial charge on any atom is 0.287 e. The van der Waals surface area contributed by atoms with Crippen LogP contribution in [0, 0.1) is 11.8 Å². The molecule has 9 heteroatoms. The van der Waals surface area contributed by atoms with Crippen molar-refractivity contribution in [1.82, 2.24) is 25.9 Å². The van der Waals surface area contributed by atoms with E-state index in [4.69, 9.17) is 5.73 Å². The van der Waals surface area contributed by atoms with E-state index in [0.29, 0.717) is 24.9 Å². The number of amides is 3. The summed E-state index contributed by atoms with van der Waals surface area (Å²) in [5, 5.41) is 8.50. The lowest BCUT2D eigenvalue weighted by Crippen LogP contribution is -2.52. The summed E-state index contributed by atoms with van der Waals surface area (Å²) in [5.74, 6) is -0.537. The normalized spacial score (nSPS) is 18.3. The first-order valence-corrected chi connectivity index (χ1v) is 10.4. The maximum atomic E-state index is 12.9. The molecule has 0 bridgehead atoms. The molecule has 1 aromatic carbocycles. The quantitative estimate of drug-likeness (QED) is 0.410. The van der Waals surface area contributed by atoms with Crippen molar-refractivity contribution in [2.24, 2.45) is 17.6 Å². The smallest absolute Gasteiger partial charge is 0.287 e. The van der Waals surface area contributed by atoms with Gasteiger partial charge in [0.2, 0.25) is 11.8 Å². The van der Waals surface area contributed by atoms with Crippen molar-refractivity contribution < 1.29 is 14.4 Å². The average molecular weight is 415 g/mol. The molecule has 30 heavy (non-hydrogen) atoms. The summed E-state index contributed by atoms with van der Waals surface area (Å²) >= 11 is 0. The number of nitrogens with zero attached hydrogens (tertiary/aromatic N) is 1. The molecule has 1 aromatic heterocycles. The van der Waals surface area contributed by atoms with E-state index < -0.39 is 11.9 Å². The number of nitrogens with two attached hydrogens (primary N) is 1. The second kappa shape index (κ2) is 9.71. The Hall–Kier alpha value is -2.94. The molecule has 3 atom stereocenters. The SMILES string of the molecule is CC(C)CC(NC(=O)c1nc2ccccc2[nH]1)C(=O)NC(CN)CC1CCNC1=O. The highest BCUT2D eigenvalue weighted by atomic mass is 16.2. The number of carbonyl (C=O) groups is 3. The van der Waals surface area contributed by atoms with Crippen molar-refractivity contribution >= 4 is 28.8 Å². The Morgan fingerprint density at radius 1 is 1.27 bits per heavy atom. The molecule has 9 nitrogen and oxygen atoms in total. The second-order valence-corrected chi connectivity index (χ2v) is 8.21. The van der Waals surface area contributed by atoms with Crippen LogP contribution in [0.5, 0.6) is 0 Å². The number of hydrogen-bond donors (Lipinski definition) is 5. The number of nitrogens with one attached hydrogen (secondary N) is 4. The van der Waals surface area contributed by atoms with Crippen molar-refractivity contribution in [2.75, 3.05) is 13.1 Å². The molecule has 3 amide bonds. The fourth-order valence-electron chi connectivity index (χ4n) is 3.72. The molecule has 3 unspecified atom stereocenters. The summed E-state index contributed by atoms with van der Waals surface area (Å²) in [5.41, 5.74) is 7.27. The van der Waals surface area contributed by atoms with Crippen LogP contribution in [0.3, 0.4) is 0 Å². The summed E-state index contributed by atoms with van der Waals surface area (Å²) in [6.45, 7) is 4.84. The van der Waals surface area contributed by atoms with Gasteiger partial charge in [-0.25, -0.2) is 4.98 Å². The fourth-order valence-corrected chi connectivity index (χ4v) is 3.72. The van der Waals surface area contributed by atoms with Gasteiger partial charge in [-0.1, -0.05) is 26.0 Å². The van der Waals surface area contributed by atoms with Gasteiger partial charge in [0, 0.05) is 25.0 Å². The Labute approximate surface area is 175 Å². The lowest BCUT2D eigenvalue weighted by molar-refractivity contribution is -0.125. The van der Waals surface area contributed by atoms with Crippen molar-refractivity contribution in [3.8, 4) is 0 Å². The minimum absolute atomic E-state index is 0.000354. The highest BCUT2D eigenvalue weighted by molar-refractivity contribution is 5.97. The first-order chi connectivity index (χ1) is 14.4. The molecular weight excluding hydrogens is 384 g/mol. The zero-order chi connectivity index (χ0) is 21.7. The number of hydrogen-bond acceptors (Lipinski definition) is 5. The molecule has 0 aliphatic carbocycles. The minimum atomic E-state index is -0.725. The van der Waals surface area contributed by atoms with E-state index >= 15 is 0 Å². The molecule has 0 radical (unpaired) electrons. The van der Waals surface area contributed by atoms with Crippen molar-refractivity contribution in [3.63, 3.8) is 0 Å². The molecular formula is C21H30N6O3. The van der Waals surface area contributed by atoms with E-state index in [2.05, 4.69) is 25.9 Å². The Balaban J connectivity index is 1.66. The average Bonchev–Trinajstić information content (AvgIpc) is 3.32. The molecule has 0 saturated carbocycles. The molecule has 6 N–H and O–H groups in total. The molecule has 1 fully saturated rings. The van der Waals surface area contributed by atoms with Gasteiger partial charge < -0.3 is 26.7 Å². The van der Waals surface area contributed by atoms with Crippen molar-refractivity contribution in [1.29, 1.82) is 0 Å². The topological polar surface area (TPSA) is 142 Å². The third-order valence-electron chi connectivity index (χ3n) is 5.30. The molecule has 2 heterocycles. The number of imidazole rings is 1. The van der Waals surface area contributed by atoms with Gasteiger partial charge in [-0.2, -0.15) is 0 Å². The molecule has 3 rings (SSSR count). The summed E-state index contributed by atoms with van der Waals surface area (Å²) < 4.78 is 0. The highest BCUT2D eigenvalue weighted by Gasteiger charge is 2.30. The van der Waals surface area contributed by atoms with E-state index in [1.54, 1.807) is 0 Å². The number of benzene rings is 1. The number of aromatic amines is 1. The molecule has 0 spiro atoms. The fraction of sp³-hybridized carbons (Fsp3) is 0.524. The van der Waals surface area contributed by atoms with Crippen LogP contribution in [0.15, 0.2) is 24.3 Å². The first-order valence-electron chi connectivity index (χ1n) is 10.4. The zero-order valence-electron chi connectivity index (χ0n) is 17.4. The van der Waals surface area contributed by atoms with Gasteiger partial charge in [-0.3, -0.25) is 14.4 Å². The van der Waals surface area contributed by atoms with E-state index in [0.717, 1.165) is 11.9 Å². The third-order valence-corrected chi connectivity index (χ3v) is 5.30. The summed E-state index contributed by atoms with van der Waals surface area (Å²) in [7, 11) is 0. The molecule has 162 valence electrons. The largest absolute Gasteiger partial charge is 0.356 e. The summed E-state index contributed by atoms with van der Waals surface area (Å²) in [6.07, 6.45) is 1.70. The van der Waals surface area contributed by atoms with Crippen LogP contribution < -0.4 is 21.7 Å². The van der Waals surface area contributed by atoms with E-state index in [-0.39, 0.29) is 42.1 Å². The lowest BCUT2D eigenvalue weighted by atomic mass is 9.97. The summed E-state index contributed by atoms with van der Waals surface area (Å²) in [4.78, 5) is 44.8. The van der Waals surface area contributed by atoms with Gasteiger partial charge in [0.1, 0.15) is 6.04 Å². The Kier molecular flexibility index (Phi) is 7.04. The van der Waals surface area contributed by atoms with Gasteiger partial charge in [0.15, 0.2) is 5.82 Å². The lowest BCUT2D eigenvalue weighted by Gasteiger charge is -2.24. The van der Waals surface area contributed by atoms with Crippen LogP contribution >= 0.6 is 0 Å². The zero-order valence-corrected chi connectivity index (χ0v) is 17.4. The van der Waals surface area contributed by atoms with Crippen LogP contribution in [-0.4, -0.2) is 52.9 Å². The Morgan fingerprint density at radius 3 is 2.67 bits per heavy atom. The molecule has 1 aliphatic rings. The summed E-state index contributed by atoms with van der Waals surface area (Å²) in [6, 6.07) is 6.29. The number of fused-ring (bicyclic) bond motifs is 1. The predicted octanol–water partition coefficient (Wildman–Crippen LogP) is 0.677. The predicted molar refractivity (Wildman–Crippen MR) is 114 cm³/mol. The van der Waals surface area contributed by atoms with Crippen LogP contribution in [0.4, 0.5) is 0 Å². The van der Waals surface area contributed by atoms with Gasteiger partial charge in [0.05, 0.1) is 11.0 Å². The van der Waals surface area contributed by atoms with Gasteiger partial charge in [-0.05, 0) is 37.3 Å². The number of para-hydroxylation sites is 2. The Bertz CT molecular complexity index is 876. The number of carbonyl (C=O) groups excluding carboxylic acids is 3. The monoisotopic (exact) mass is 414 g/mol. The van der Waals surface area contributed by atoms with Crippen LogP contribution in [-0.2, 0) is 9.59 Å². The minimum Gasteiger partial charge on any atom is -0.356 e. The third kappa shape index (κ3) is 5.35.